The molecule has 0 aliphatic carbocycles. The number of aliphatic hydroxyl groups excluding tert-OH is 1. The van der Waals surface area contributed by atoms with Crippen LogP contribution in [0, 0.1) is 0 Å². The Morgan fingerprint density at radius 1 is 1.08 bits per heavy atom. The van der Waals surface area contributed by atoms with E-state index in [1.165, 1.54) is 25.6 Å². The van der Waals surface area contributed by atoms with Crippen LogP contribution in [-0.4, -0.2) is 35.8 Å². The molecular weight excluding hydrogens is 354 g/mol. The molecule has 0 amide bonds. The predicted octanol–water partition coefficient (Wildman–Crippen LogP) is 3.33. The molecule has 0 atom stereocenters. The monoisotopic (exact) mass is 373 g/mol. The number of aliphatic hydroxyl groups is 1. The quantitative estimate of drug-likeness (QED) is 0.331. The van der Waals surface area contributed by atoms with Crippen LogP contribution in [0.5, 0.6) is 5.75 Å². The number of ether oxygens (including phenoxy) is 1. The molecule has 0 fully saturated rings. The predicted molar refractivity (Wildman–Crippen MR) is 98.8 cm³/mol. The van der Waals surface area contributed by atoms with E-state index in [9.17, 15) is 9.59 Å². The van der Waals surface area contributed by atoms with Gasteiger partial charge in [-0.2, -0.15) is 0 Å². The lowest BCUT2D eigenvalue weighted by Crippen LogP contribution is -2.11. The van der Waals surface area contributed by atoms with Crippen molar-refractivity contribution < 1.29 is 24.3 Å². The molecule has 7 heteroatoms. The maximum atomic E-state index is 12.2. The standard InChI is InChI=1S/C19H19NO5S/c1-13(20-25-14(2)22)19(23)15-6-8-17(9-7-15)26-18-5-3-4-16(12-18)24-11-10-21/h3-9,12,21H,10-11H2,1-2H3/b20-13+. The number of Topliss-reactive ketones (excluding diaryl/α,β-unsaturated/α-hetero) is 1. The van der Waals surface area contributed by atoms with Crippen molar-refractivity contribution in [2.75, 3.05) is 13.2 Å². The number of nitrogens with zero attached hydrogens (tertiary/aromatic N) is 1. The van der Waals surface area contributed by atoms with Crippen molar-refractivity contribution in [3.63, 3.8) is 0 Å². The third-order valence-electron chi connectivity index (χ3n) is 3.16. The summed E-state index contributed by atoms with van der Waals surface area (Å²) in [6.45, 7) is 2.93. The summed E-state index contributed by atoms with van der Waals surface area (Å²) in [7, 11) is 0. The fourth-order valence-electron chi connectivity index (χ4n) is 1.98. The number of carbonyl (C=O) groups excluding carboxylic acids is 2. The van der Waals surface area contributed by atoms with Gasteiger partial charge in [0.15, 0.2) is 0 Å². The fourth-order valence-corrected chi connectivity index (χ4v) is 2.85. The van der Waals surface area contributed by atoms with Crippen LogP contribution in [-0.2, 0) is 9.63 Å². The molecule has 0 heterocycles. The Labute approximate surface area is 155 Å². The Morgan fingerprint density at radius 3 is 2.46 bits per heavy atom. The Balaban J connectivity index is 2.04. The molecule has 136 valence electrons. The number of rotatable bonds is 8. The summed E-state index contributed by atoms with van der Waals surface area (Å²) >= 11 is 1.52. The van der Waals surface area contributed by atoms with Crippen molar-refractivity contribution in [3.05, 3.63) is 54.1 Å². The summed E-state index contributed by atoms with van der Waals surface area (Å²) in [5.74, 6) is -0.190. The summed E-state index contributed by atoms with van der Waals surface area (Å²) in [4.78, 5) is 29.4. The molecule has 26 heavy (non-hydrogen) atoms. The van der Waals surface area contributed by atoms with Crippen LogP contribution in [0.1, 0.15) is 24.2 Å². The molecule has 0 radical (unpaired) electrons. The number of hydrogen-bond donors (Lipinski definition) is 1. The molecule has 0 saturated carbocycles. The van der Waals surface area contributed by atoms with Crippen LogP contribution in [0.4, 0.5) is 0 Å². The van der Waals surface area contributed by atoms with E-state index in [0.717, 1.165) is 9.79 Å². The molecule has 0 aliphatic rings. The highest BCUT2D eigenvalue weighted by molar-refractivity contribution is 7.99. The van der Waals surface area contributed by atoms with E-state index < -0.39 is 5.97 Å². The maximum Gasteiger partial charge on any atom is 0.331 e. The van der Waals surface area contributed by atoms with Gasteiger partial charge < -0.3 is 14.7 Å². The van der Waals surface area contributed by atoms with Crippen molar-refractivity contribution in [2.24, 2.45) is 5.16 Å². The second-order valence-electron chi connectivity index (χ2n) is 5.26. The molecule has 2 aromatic carbocycles. The minimum atomic E-state index is -0.575. The zero-order valence-electron chi connectivity index (χ0n) is 14.5. The number of carbonyl (C=O) groups is 2. The average molecular weight is 373 g/mol. The van der Waals surface area contributed by atoms with Gasteiger partial charge in [-0.25, -0.2) is 4.79 Å². The summed E-state index contributed by atoms with van der Waals surface area (Å²) in [5.41, 5.74) is 0.567. The van der Waals surface area contributed by atoms with Gasteiger partial charge in [-0.15, -0.1) is 0 Å². The molecule has 0 saturated heterocycles. The third kappa shape index (κ3) is 6.02. The van der Waals surface area contributed by atoms with Gasteiger partial charge in [0, 0.05) is 22.3 Å². The van der Waals surface area contributed by atoms with Gasteiger partial charge in [0.25, 0.3) is 0 Å². The van der Waals surface area contributed by atoms with E-state index in [1.54, 1.807) is 12.1 Å². The molecule has 1 N–H and O–H groups in total. The van der Waals surface area contributed by atoms with Gasteiger partial charge in [-0.05, 0) is 49.4 Å². The number of benzene rings is 2. The molecule has 0 spiro atoms. The Kier molecular flexibility index (Phi) is 7.37. The van der Waals surface area contributed by atoms with E-state index in [2.05, 4.69) is 9.99 Å². The van der Waals surface area contributed by atoms with Crippen molar-refractivity contribution in [3.8, 4) is 5.75 Å². The van der Waals surface area contributed by atoms with Crippen molar-refractivity contribution >= 4 is 29.2 Å². The van der Waals surface area contributed by atoms with E-state index in [-0.39, 0.29) is 24.7 Å². The van der Waals surface area contributed by atoms with E-state index >= 15 is 0 Å². The Morgan fingerprint density at radius 2 is 1.81 bits per heavy atom. The first kappa shape index (κ1) is 19.7. The molecule has 2 rings (SSSR count). The van der Waals surface area contributed by atoms with Gasteiger partial charge in [0.1, 0.15) is 18.1 Å². The number of ketones is 1. The minimum absolute atomic E-state index is 0.0347. The molecule has 0 aromatic heterocycles. The first-order valence-electron chi connectivity index (χ1n) is 7.88. The fraction of sp³-hybridized carbons (Fsp3) is 0.211. The van der Waals surface area contributed by atoms with Crippen molar-refractivity contribution in [1.29, 1.82) is 0 Å². The highest BCUT2D eigenvalue weighted by atomic mass is 32.2. The summed E-state index contributed by atoms with van der Waals surface area (Å²) in [6.07, 6.45) is 0. The molecule has 0 bridgehead atoms. The normalized spacial score (nSPS) is 11.1. The highest BCUT2D eigenvalue weighted by Crippen LogP contribution is 2.30. The second kappa shape index (κ2) is 9.74. The summed E-state index contributed by atoms with van der Waals surface area (Å²) < 4.78 is 5.39. The third-order valence-corrected chi connectivity index (χ3v) is 4.15. The van der Waals surface area contributed by atoms with Gasteiger partial charge in [0.2, 0.25) is 5.78 Å². The molecule has 0 aliphatic heterocycles. The molecule has 0 unspecified atom stereocenters. The van der Waals surface area contributed by atoms with Crippen molar-refractivity contribution in [2.45, 2.75) is 23.6 Å². The smallest absolute Gasteiger partial charge is 0.331 e. The second-order valence-corrected chi connectivity index (χ2v) is 6.41. The molecular formula is C19H19NO5S. The van der Waals surface area contributed by atoms with Gasteiger partial charge in [0.05, 0.1) is 6.61 Å². The lowest BCUT2D eigenvalue weighted by Gasteiger charge is -2.07. The van der Waals surface area contributed by atoms with Gasteiger partial charge in [-0.3, -0.25) is 4.79 Å². The van der Waals surface area contributed by atoms with Crippen LogP contribution in [0.15, 0.2) is 63.5 Å². The highest BCUT2D eigenvalue weighted by Gasteiger charge is 2.11. The largest absolute Gasteiger partial charge is 0.491 e. The topological polar surface area (TPSA) is 85.2 Å². The molecule has 6 nitrogen and oxygen atoms in total. The first-order chi connectivity index (χ1) is 12.5. The van der Waals surface area contributed by atoms with Gasteiger partial charge >= 0.3 is 5.97 Å². The summed E-state index contributed by atoms with van der Waals surface area (Å²) in [5, 5.41) is 12.3. The number of hydrogen-bond acceptors (Lipinski definition) is 7. The van der Waals surface area contributed by atoms with E-state index in [1.807, 2.05) is 36.4 Å². The van der Waals surface area contributed by atoms with Crippen LogP contribution in [0.3, 0.4) is 0 Å². The molecule has 2 aromatic rings. The van der Waals surface area contributed by atoms with Crippen LogP contribution < -0.4 is 4.74 Å². The minimum Gasteiger partial charge on any atom is -0.491 e. The van der Waals surface area contributed by atoms with Crippen LogP contribution in [0.2, 0.25) is 0 Å². The first-order valence-corrected chi connectivity index (χ1v) is 8.70. The maximum absolute atomic E-state index is 12.2. The summed E-state index contributed by atoms with van der Waals surface area (Å²) in [6, 6.07) is 14.6. The van der Waals surface area contributed by atoms with Crippen molar-refractivity contribution in [1.82, 2.24) is 0 Å². The number of oxime groups is 1. The SMILES string of the molecule is CC(=O)O/N=C(\C)C(=O)c1ccc(Sc2cccc(OCCO)c2)cc1. The Bertz CT molecular complexity index is 802. The zero-order valence-corrected chi connectivity index (χ0v) is 15.3. The van der Waals surface area contributed by atoms with E-state index in [0.29, 0.717) is 11.3 Å². The van der Waals surface area contributed by atoms with Gasteiger partial charge in [-0.1, -0.05) is 23.0 Å². The van der Waals surface area contributed by atoms with E-state index in [4.69, 9.17) is 9.84 Å². The zero-order chi connectivity index (χ0) is 18.9. The van der Waals surface area contributed by atoms with Crippen LogP contribution >= 0.6 is 11.8 Å². The lowest BCUT2D eigenvalue weighted by atomic mass is 10.1. The average Bonchev–Trinajstić information content (AvgIpc) is 2.64. The lowest BCUT2D eigenvalue weighted by molar-refractivity contribution is -0.140. The Hall–Kier alpha value is -2.64. The van der Waals surface area contributed by atoms with Crippen LogP contribution in [0.25, 0.3) is 0 Å².